The molecule has 456 valence electrons. The third-order valence-corrected chi connectivity index (χ3v) is 16.5. The van der Waals surface area contributed by atoms with Gasteiger partial charge in [0, 0.05) is 12.8 Å². The molecule has 6 nitrogen and oxygen atoms in total. The van der Waals surface area contributed by atoms with Crippen molar-refractivity contribution in [2.75, 3.05) is 13.2 Å². The zero-order valence-corrected chi connectivity index (χ0v) is 52.2. The first-order valence-electron chi connectivity index (χ1n) is 35.1. The highest BCUT2D eigenvalue weighted by atomic mass is 16.5. The van der Waals surface area contributed by atoms with Gasteiger partial charge < -0.3 is 20.3 Å². The molecule has 0 saturated carbocycles. The standard InChI is InChI=1S/C71H137NO5/c1-3-5-7-9-11-13-15-17-18-19-20-21-28-31-34-37-40-43-47-51-55-59-63-69(74)68(67-73)72-70(75)64-60-56-52-48-44-41-38-35-32-29-26-24-22-23-25-27-30-33-36-39-42-46-50-54-58-62-66-77-71(76)65-61-57-53-49-45-16-14-12-10-8-6-4-2/h12,14,59,63,68-69,73-74H,3-11,13,15-58,60-62,64-67H2,1-2H3,(H,72,75)/b14-12-,63-59+. The monoisotopic (exact) mass is 1080 g/mol. The second-order valence-electron chi connectivity index (χ2n) is 24.2. The number of amides is 1. The van der Waals surface area contributed by atoms with Crippen LogP contribution in [0.2, 0.25) is 0 Å². The highest BCUT2D eigenvalue weighted by Gasteiger charge is 2.18. The predicted octanol–water partition coefficient (Wildman–Crippen LogP) is 22.5. The molecule has 2 unspecified atom stereocenters. The zero-order chi connectivity index (χ0) is 55.7. The molecule has 0 aliphatic carbocycles. The van der Waals surface area contributed by atoms with Gasteiger partial charge in [0.1, 0.15) is 0 Å². The number of allylic oxidation sites excluding steroid dienone is 3. The molecular formula is C71H137NO5. The number of hydrogen-bond donors (Lipinski definition) is 3. The molecule has 0 saturated heterocycles. The largest absolute Gasteiger partial charge is 0.466 e. The van der Waals surface area contributed by atoms with Crippen LogP contribution < -0.4 is 5.32 Å². The third kappa shape index (κ3) is 63.4. The van der Waals surface area contributed by atoms with Crippen molar-refractivity contribution in [2.24, 2.45) is 0 Å². The van der Waals surface area contributed by atoms with E-state index in [1.807, 2.05) is 6.08 Å². The van der Waals surface area contributed by atoms with E-state index in [1.54, 1.807) is 6.08 Å². The van der Waals surface area contributed by atoms with E-state index in [1.165, 1.54) is 321 Å². The van der Waals surface area contributed by atoms with Crippen LogP contribution in [0.25, 0.3) is 0 Å². The molecule has 0 aromatic carbocycles. The summed E-state index contributed by atoms with van der Waals surface area (Å²) in [5, 5.41) is 23.3. The lowest BCUT2D eigenvalue weighted by Crippen LogP contribution is -2.45. The van der Waals surface area contributed by atoms with Crippen LogP contribution in [0.3, 0.4) is 0 Å². The van der Waals surface area contributed by atoms with E-state index >= 15 is 0 Å². The number of aliphatic hydroxyl groups excluding tert-OH is 2. The van der Waals surface area contributed by atoms with Gasteiger partial charge in [0.25, 0.3) is 0 Å². The summed E-state index contributed by atoms with van der Waals surface area (Å²) in [5.74, 6) is -0.0541. The molecule has 1 amide bonds. The highest BCUT2D eigenvalue weighted by molar-refractivity contribution is 5.76. The molecule has 0 aromatic rings. The van der Waals surface area contributed by atoms with Crippen LogP contribution in [-0.2, 0) is 14.3 Å². The van der Waals surface area contributed by atoms with Crippen LogP contribution in [0.15, 0.2) is 24.3 Å². The maximum absolute atomic E-state index is 12.5. The molecule has 6 heteroatoms. The molecule has 0 heterocycles. The van der Waals surface area contributed by atoms with Crippen LogP contribution in [0.4, 0.5) is 0 Å². The molecule has 0 rings (SSSR count). The van der Waals surface area contributed by atoms with Crippen LogP contribution in [0.1, 0.15) is 393 Å². The fourth-order valence-electron chi connectivity index (χ4n) is 11.1. The molecule has 0 spiro atoms. The number of carbonyl (C=O) groups excluding carboxylic acids is 2. The summed E-state index contributed by atoms with van der Waals surface area (Å²) in [7, 11) is 0. The molecule has 0 aliphatic rings. The molecule has 0 aromatic heterocycles. The van der Waals surface area contributed by atoms with Crippen LogP contribution in [0.5, 0.6) is 0 Å². The van der Waals surface area contributed by atoms with Crippen molar-refractivity contribution in [3.05, 3.63) is 24.3 Å². The topological polar surface area (TPSA) is 95.9 Å². The number of unbranched alkanes of at least 4 members (excludes halogenated alkanes) is 53. The Kier molecular flexibility index (Phi) is 65.4. The minimum Gasteiger partial charge on any atom is -0.466 e. The second kappa shape index (κ2) is 66.8. The van der Waals surface area contributed by atoms with Gasteiger partial charge in [-0.25, -0.2) is 0 Å². The Bertz CT molecular complexity index is 1200. The summed E-state index contributed by atoms with van der Waals surface area (Å²) in [6.45, 7) is 4.92. The highest BCUT2D eigenvalue weighted by Crippen LogP contribution is 2.19. The number of ether oxygens (including phenoxy) is 1. The van der Waals surface area contributed by atoms with Gasteiger partial charge in [0.15, 0.2) is 0 Å². The summed E-state index contributed by atoms with van der Waals surface area (Å²) < 4.78 is 5.47. The van der Waals surface area contributed by atoms with E-state index in [9.17, 15) is 19.8 Å². The van der Waals surface area contributed by atoms with Gasteiger partial charge in [0.05, 0.1) is 25.4 Å². The summed E-state index contributed by atoms with van der Waals surface area (Å²) in [4.78, 5) is 24.5. The van der Waals surface area contributed by atoms with Crippen molar-refractivity contribution >= 4 is 11.9 Å². The fourth-order valence-corrected chi connectivity index (χ4v) is 11.1. The lowest BCUT2D eigenvalue weighted by molar-refractivity contribution is -0.143. The maximum Gasteiger partial charge on any atom is 0.305 e. The molecule has 0 fully saturated rings. The minimum absolute atomic E-state index is 0.00738. The lowest BCUT2D eigenvalue weighted by Gasteiger charge is -2.20. The Hall–Kier alpha value is -1.66. The number of nitrogens with one attached hydrogen (secondary N) is 1. The van der Waals surface area contributed by atoms with Crippen molar-refractivity contribution in [2.45, 2.75) is 405 Å². The van der Waals surface area contributed by atoms with Gasteiger partial charge in [0.2, 0.25) is 5.91 Å². The number of hydrogen-bond acceptors (Lipinski definition) is 5. The normalized spacial score (nSPS) is 12.6. The first kappa shape index (κ1) is 75.3. The summed E-state index contributed by atoms with van der Waals surface area (Å²) in [6.07, 6.45) is 84.0. The van der Waals surface area contributed by atoms with Crippen LogP contribution in [-0.4, -0.2) is 47.4 Å². The zero-order valence-electron chi connectivity index (χ0n) is 52.2. The molecule has 0 bridgehead atoms. The smallest absolute Gasteiger partial charge is 0.305 e. The number of aliphatic hydroxyl groups is 2. The fraction of sp³-hybridized carbons (Fsp3) is 0.915. The van der Waals surface area contributed by atoms with E-state index in [0.29, 0.717) is 19.4 Å². The summed E-state index contributed by atoms with van der Waals surface area (Å²) in [5.41, 5.74) is 0. The van der Waals surface area contributed by atoms with Gasteiger partial charge in [-0.1, -0.05) is 346 Å². The van der Waals surface area contributed by atoms with E-state index in [2.05, 4.69) is 31.3 Å². The van der Waals surface area contributed by atoms with E-state index in [4.69, 9.17) is 4.74 Å². The Morgan fingerprint density at radius 1 is 0.351 bits per heavy atom. The molecule has 2 atom stereocenters. The van der Waals surface area contributed by atoms with E-state index in [-0.39, 0.29) is 18.5 Å². The van der Waals surface area contributed by atoms with Crippen molar-refractivity contribution in [3.63, 3.8) is 0 Å². The first-order valence-corrected chi connectivity index (χ1v) is 35.1. The van der Waals surface area contributed by atoms with Crippen LogP contribution in [0, 0.1) is 0 Å². The lowest BCUT2D eigenvalue weighted by atomic mass is 10.0. The molecule has 0 radical (unpaired) electrons. The molecular weight excluding hydrogens is 947 g/mol. The van der Waals surface area contributed by atoms with Gasteiger partial charge in [-0.3, -0.25) is 9.59 Å². The van der Waals surface area contributed by atoms with E-state index < -0.39 is 12.1 Å². The molecule has 77 heavy (non-hydrogen) atoms. The Balaban J connectivity index is 3.39. The van der Waals surface area contributed by atoms with Gasteiger partial charge in [-0.05, 0) is 57.8 Å². The summed E-state index contributed by atoms with van der Waals surface area (Å²) in [6, 6.07) is -0.627. The predicted molar refractivity (Wildman–Crippen MR) is 338 cm³/mol. The number of rotatable bonds is 66. The van der Waals surface area contributed by atoms with Gasteiger partial charge in [-0.2, -0.15) is 0 Å². The Morgan fingerprint density at radius 2 is 0.610 bits per heavy atom. The number of carbonyl (C=O) groups is 2. The van der Waals surface area contributed by atoms with Crippen molar-refractivity contribution in [3.8, 4) is 0 Å². The van der Waals surface area contributed by atoms with Crippen LogP contribution >= 0.6 is 0 Å². The maximum atomic E-state index is 12.5. The van der Waals surface area contributed by atoms with E-state index in [0.717, 1.165) is 44.9 Å². The SMILES string of the molecule is CCCCC/C=C\CCCCCCCC(=O)OCCCCCCCCCCCCCCCCCCCCCCCCCCCCC(=O)NC(CO)C(O)/C=C/CCCCCCCCCCCCCCCCCCCCCC. The van der Waals surface area contributed by atoms with Gasteiger partial charge in [-0.15, -0.1) is 0 Å². The Labute approximate surface area is 481 Å². The Morgan fingerprint density at radius 3 is 0.948 bits per heavy atom. The second-order valence-corrected chi connectivity index (χ2v) is 24.2. The average molecular weight is 1080 g/mol. The molecule has 0 aliphatic heterocycles. The average Bonchev–Trinajstić information content (AvgIpc) is 3.43. The minimum atomic E-state index is -0.844. The number of esters is 1. The van der Waals surface area contributed by atoms with Crippen molar-refractivity contribution in [1.29, 1.82) is 0 Å². The first-order chi connectivity index (χ1) is 38.0. The molecule has 3 N–H and O–H groups in total. The van der Waals surface area contributed by atoms with Crippen molar-refractivity contribution in [1.82, 2.24) is 5.32 Å². The van der Waals surface area contributed by atoms with Crippen molar-refractivity contribution < 1.29 is 24.5 Å². The third-order valence-electron chi connectivity index (χ3n) is 16.5. The van der Waals surface area contributed by atoms with Gasteiger partial charge >= 0.3 is 5.97 Å². The quantitative estimate of drug-likeness (QED) is 0.0320. The summed E-state index contributed by atoms with van der Waals surface area (Å²) >= 11 is 0.